The van der Waals surface area contributed by atoms with Gasteiger partial charge in [0.1, 0.15) is 5.60 Å². The van der Waals surface area contributed by atoms with Crippen molar-refractivity contribution in [1.82, 2.24) is 14.5 Å². The lowest BCUT2D eigenvalue weighted by Crippen LogP contribution is -2.50. The van der Waals surface area contributed by atoms with Crippen molar-refractivity contribution >= 4 is 39.0 Å². The zero-order chi connectivity index (χ0) is 22.9. The molecule has 1 aliphatic heterocycles. The van der Waals surface area contributed by atoms with Crippen molar-refractivity contribution in [3.05, 3.63) is 58.6 Å². The molecular weight excluding hydrogens is 468 g/mol. The minimum absolute atomic E-state index is 0.178. The molecule has 0 aliphatic carbocycles. The van der Waals surface area contributed by atoms with Crippen LogP contribution in [-0.2, 0) is 11.3 Å². The van der Waals surface area contributed by atoms with Crippen LogP contribution in [0, 0.1) is 0 Å². The normalized spacial score (nSPS) is 16.9. The Hall–Kier alpha value is -2.54. The minimum atomic E-state index is -0.491. The summed E-state index contributed by atoms with van der Waals surface area (Å²) in [7, 11) is 2.09. The molecule has 2 aromatic carbocycles. The topological polar surface area (TPSA) is 50.6 Å². The van der Waals surface area contributed by atoms with Gasteiger partial charge in [-0.15, -0.1) is 0 Å². The molecule has 0 spiro atoms. The number of aromatic nitrogens is 2. The first-order valence-corrected chi connectivity index (χ1v) is 11.9. The number of fused-ring (bicyclic) bond motifs is 1. The average Bonchev–Trinajstić information content (AvgIpc) is 3.12. The van der Waals surface area contributed by atoms with E-state index in [0.29, 0.717) is 6.54 Å². The summed E-state index contributed by atoms with van der Waals surface area (Å²) in [6.45, 7) is 7.81. The summed E-state index contributed by atoms with van der Waals surface area (Å²) in [6, 6.07) is 16.8. The second kappa shape index (κ2) is 9.14. The zero-order valence-electron chi connectivity index (χ0n) is 19.2. The second-order valence-corrected chi connectivity index (χ2v) is 10.4. The van der Waals surface area contributed by atoms with Gasteiger partial charge in [0.15, 0.2) is 0 Å². The van der Waals surface area contributed by atoms with Gasteiger partial charge in [0.2, 0.25) is 5.95 Å². The lowest BCUT2D eigenvalue weighted by atomic mass is 10.1. The smallest absolute Gasteiger partial charge is 0.410 e. The molecular formula is C25H31BrN4O2. The average molecular weight is 499 g/mol. The number of carbonyl (C=O) groups excluding carboxylic acids is 1. The minimum Gasteiger partial charge on any atom is -0.444 e. The Morgan fingerprint density at radius 2 is 1.91 bits per heavy atom. The maximum atomic E-state index is 12.7. The number of piperidine rings is 1. The Kier molecular flexibility index (Phi) is 6.47. The van der Waals surface area contributed by atoms with E-state index in [1.54, 1.807) is 0 Å². The van der Waals surface area contributed by atoms with Crippen molar-refractivity contribution in [3.8, 4) is 0 Å². The number of halogens is 1. The largest absolute Gasteiger partial charge is 0.444 e. The van der Waals surface area contributed by atoms with Crippen molar-refractivity contribution in [2.75, 3.05) is 25.0 Å². The van der Waals surface area contributed by atoms with Crippen LogP contribution in [0.25, 0.3) is 11.0 Å². The Bertz CT molecular complexity index is 1090. The van der Waals surface area contributed by atoms with Crippen LogP contribution in [0.5, 0.6) is 0 Å². The van der Waals surface area contributed by atoms with Gasteiger partial charge in [-0.05, 0) is 63.4 Å². The first kappa shape index (κ1) is 22.6. The molecule has 1 saturated heterocycles. The summed E-state index contributed by atoms with van der Waals surface area (Å²) >= 11 is 3.52. The second-order valence-electron chi connectivity index (χ2n) is 9.45. The lowest BCUT2D eigenvalue weighted by molar-refractivity contribution is 0.0199. The number of likely N-dealkylation sites (tertiary alicyclic amines) is 1. The highest BCUT2D eigenvalue weighted by atomic mass is 79.9. The Labute approximate surface area is 198 Å². The number of likely N-dealkylation sites (N-methyl/N-ethyl adjacent to an activating group) is 1. The predicted molar refractivity (Wildman–Crippen MR) is 132 cm³/mol. The van der Waals surface area contributed by atoms with E-state index in [4.69, 9.17) is 9.72 Å². The number of carbonyl (C=O) groups is 1. The SMILES string of the molecule is CN(c1nc2ccccc2n1Cc1ccc(Br)cc1)[C@@H]1CCCN(C(=O)OC(C)(C)C)C1. The first-order valence-electron chi connectivity index (χ1n) is 11.1. The number of ether oxygens (including phenoxy) is 1. The Morgan fingerprint density at radius 3 is 2.62 bits per heavy atom. The molecule has 32 heavy (non-hydrogen) atoms. The standard InChI is InChI=1S/C25H31BrN4O2/c1-25(2,3)32-24(31)29-15-7-8-20(17-29)28(4)23-27-21-9-5-6-10-22(21)30(23)16-18-11-13-19(26)14-12-18/h5-6,9-14,20H,7-8,15-17H2,1-4H3/t20-/m1/s1. The number of hydrogen-bond acceptors (Lipinski definition) is 4. The molecule has 1 atom stereocenters. The van der Waals surface area contributed by atoms with E-state index in [1.165, 1.54) is 5.56 Å². The molecule has 3 aromatic rings. The third-order valence-corrected chi connectivity index (χ3v) is 6.33. The van der Waals surface area contributed by atoms with E-state index >= 15 is 0 Å². The van der Waals surface area contributed by atoms with Crippen molar-refractivity contribution in [3.63, 3.8) is 0 Å². The van der Waals surface area contributed by atoms with E-state index in [-0.39, 0.29) is 12.1 Å². The molecule has 1 aliphatic rings. The molecule has 7 heteroatoms. The molecule has 0 bridgehead atoms. The number of anilines is 1. The Balaban J connectivity index is 1.61. The van der Waals surface area contributed by atoms with E-state index in [9.17, 15) is 4.79 Å². The molecule has 0 N–H and O–H groups in total. The highest BCUT2D eigenvalue weighted by Gasteiger charge is 2.31. The molecule has 1 amide bonds. The molecule has 6 nitrogen and oxygen atoms in total. The third kappa shape index (κ3) is 5.09. The molecule has 170 valence electrons. The lowest BCUT2D eigenvalue weighted by Gasteiger charge is -2.38. The fourth-order valence-corrected chi connectivity index (χ4v) is 4.45. The van der Waals surface area contributed by atoms with Crippen LogP contribution in [0.3, 0.4) is 0 Å². The molecule has 0 saturated carbocycles. The van der Waals surface area contributed by atoms with Crippen molar-refractivity contribution < 1.29 is 9.53 Å². The van der Waals surface area contributed by atoms with E-state index in [0.717, 1.165) is 47.4 Å². The summed E-state index contributed by atoms with van der Waals surface area (Å²) in [6.07, 6.45) is 1.72. The van der Waals surface area contributed by atoms with Crippen LogP contribution in [0.15, 0.2) is 53.0 Å². The van der Waals surface area contributed by atoms with Gasteiger partial charge in [0.05, 0.1) is 17.6 Å². The predicted octanol–water partition coefficient (Wildman–Crippen LogP) is 5.68. The van der Waals surface area contributed by atoms with Crippen LogP contribution < -0.4 is 4.90 Å². The molecule has 1 fully saturated rings. The Morgan fingerprint density at radius 1 is 1.19 bits per heavy atom. The fourth-order valence-electron chi connectivity index (χ4n) is 4.19. The number of rotatable bonds is 4. The molecule has 0 unspecified atom stereocenters. The number of nitrogens with zero attached hydrogens (tertiary/aromatic N) is 4. The van der Waals surface area contributed by atoms with Gasteiger partial charge in [-0.2, -0.15) is 0 Å². The van der Waals surface area contributed by atoms with Crippen LogP contribution in [-0.4, -0.2) is 52.3 Å². The van der Waals surface area contributed by atoms with Crippen molar-refractivity contribution in [2.45, 2.75) is 51.8 Å². The zero-order valence-corrected chi connectivity index (χ0v) is 20.8. The number of imidazole rings is 1. The van der Waals surface area contributed by atoms with Gasteiger partial charge in [0, 0.05) is 30.7 Å². The number of para-hydroxylation sites is 2. The van der Waals surface area contributed by atoms with Crippen LogP contribution in [0.4, 0.5) is 10.7 Å². The quantitative estimate of drug-likeness (QED) is 0.463. The number of hydrogen-bond donors (Lipinski definition) is 0. The van der Waals surface area contributed by atoms with Crippen LogP contribution >= 0.6 is 15.9 Å². The summed E-state index contributed by atoms with van der Waals surface area (Å²) < 4.78 is 8.95. The summed E-state index contributed by atoms with van der Waals surface area (Å²) in [4.78, 5) is 21.7. The summed E-state index contributed by atoms with van der Waals surface area (Å²) in [5.74, 6) is 0.921. The highest BCUT2D eigenvalue weighted by Crippen LogP contribution is 2.28. The molecule has 0 radical (unpaired) electrons. The monoisotopic (exact) mass is 498 g/mol. The van der Waals surface area contributed by atoms with Gasteiger partial charge >= 0.3 is 6.09 Å². The summed E-state index contributed by atoms with van der Waals surface area (Å²) in [5.41, 5.74) is 2.81. The molecule has 4 rings (SSSR count). The first-order chi connectivity index (χ1) is 15.2. The van der Waals surface area contributed by atoms with Gasteiger partial charge in [-0.3, -0.25) is 0 Å². The van der Waals surface area contributed by atoms with E-state index in [2.05, 4.69) is 74.9 Å². The van der Waals surface area contributed by atoms with Gasteiger partial charge in [-0.1, -0.05) is 40.2 Å². The summed E-state index contributed by atoms with van der Waals surface area (Å²) in [5, 5.41) is 0. The third-order valence-electron chi connectivity index (χ3n) is 5.80. The maximum Gasteiger partial charge on any atom is 0.410 e. The van der Waals surface area contributed by atoms with Gasteiger partial charge in [-0.25, -0.2) is 9.78 Å². The fraction of sp³-hybridized carbons (Fsp3) is 0.440. The number of amides is 1. The van der Waals surface area contributed by atoms with E-state index < -0.39 is 5.60 Å². The number of benzene rings is 2. The highest BCUT2D eigenvalue weighted by molar-refractivity contribution is 9.10. The van der Waals surface area contributed by atoms with Crippen LogP contribution in [0.1, 0.15) is 39.2 Å². The molecule has 1 aromatic heterocycles. The van der Waals surface area contributed by atoms with Crippen LogP contribution in [0.2, 0.25) is 0 Å². The maximum absolute atomic E-state index is 12.7. The van der Waals surface area contributed by atoms with Gasteiger partial charge < -0.3 is 19.1 Å². The van der Waals surface area contributed by atoms with Crippen molar-refractivity contribution in [1.29, 1.82) is 0 Å². The van der Waals surface area contributed by atoms with Crippen molar-refractivity contribution in [2.24, 2.45) is 0 Å². The van der Waals surface area contributed by atoms with Gasteiger partial charge in [0.25, 0.3) is 0 Å². The van der Waals surface area contributed by atoms with E-state index in [1.807, 2.05) is 31.7 Å². The molecule has 2 heterocycles.